The predicted octanol–water partition coefficient (Wildman–Crippen LogP) is 2.26. The Morgan fingerprint density at radius 3 is 2.68 bits per heavy atom. The summed E-state index contributed by atoms with van der Waals surface area (Å²) in [6, 6.07) is 9.83. The highest BCUT2D eigenvalue weighted by Crippen LogP contribution is 2.10. The van der Waals surface area contributed by atoms with Crippen LogP contribution in [0.5, 0.6) is 0 Å². The molecule has 22 heavy (non-hydrogen) atoms. The number of amides is 1. The number of nitrogens with zero attached hydrogens (tertiary/aromatic N) is 1. The first-order valence-corrected chi connectivity index (χ1v) is 7.60. The molecular formula is C18H23NO3. The van der Waals surface area contributed by atoms with Crippen LogP contribution in [0.25, 0.3) is 6.08 Å². The Morgan fingerprint density at radius 1 is 1.32 bits per heavy atom. The number of ether oxygens (including phenoxy) is 1. The molecule has 118 valence electrons. The standard InChI is InChI=1S/C18H23NO3/c1-15(14-18(21)19-9-11-22-12-10-19)13-17(20)8-7-16-5-3-2-4-6-16/h2-8,14,17,20H,9-13H2,1H3/b8-7+,15-14+/t17-/m0/s1. The van der Waals surface area contributed by atoms with Crippen molar-refractivity contribution in [3.63, 3.8) is 0 Å². The van der Waals surface area contributed by atoms with Gasteiger partial charge in [0.1, 0.15) is 0 Å². The van der Waals surface area contributed by atoms with E-state index in [4.69, 9.17) is 4.74 Å². The summed E-state index contributed by atoms with van der Waals surface area (Å²) < 4.78 is 5.23. The van der Waals surface area contributed by atoms with E-state index in [2.05, 4.69) is 0 Å². The lowest BCUT2D eigenvalue weighted by Gasteiger charge is -2.25. The summed E-state index contributed by atoms with van der Waals surface area (Å²) >= 11 is 0. The van der Waals surface area contributed by atoms with Crippen LogP contribution in [0.1, 0.15) is 18.9 Å². The van der Waals surface area contributed by atoms with Crippen molar-refractivity contribution in [3.8, 4) is 0 Å². The lowest BCUT2D eigenvalue weighted by atomic mass is 10.1. The maximum atomic E-state index is 12.1. The molecule has 1 fully saturated rings. The molecule has 1 aromatic rings. The zero-order chi connectivity index (χ0) is 15.8. The molecule has 0 saturated carbocycles. The molecule has 1 aliphatic heterocycles. The van der Waals surface area contributed by atoms with Gasteiger partial charge < -0.3 is 14.7 Å². The fraction of sp³-hybridized carbons (Fsp3) is 0.389. The van der Waals surface area contributed by atoms with Crippen molar-refractivity contribution in [1.29, 1.82) is 0 Å². The van der Waals surface area contributed by atoms with Crippen LogP contribution in [0.4, 0.5) is 0 Å². The Kier molecular flexibility index (Phi) is 6.37. The van der Waals surface area contributed by atoms with Gasteiger partial charge in [0.15, 0.2) is 0 Å². The quantitative estimate of drug-likeness (QED) is 0.849. The van der Waals surface area contributed by atoms with Crippen LogP contribution in [-0.2, 0) is 9.53 Å². The van der Waals surface area contributed by atoms with Crippen LogP contribution in [0.2, 0.25) is 0 Å². The minimum atomic E-state index is -0.589. The summed E-state index contributed by atoms with van der Waals surface area (Å²) in [6.07, 6.45) is 5.13. The van der Waals surface area contributed by atoms with E-state index in [-0.39, 0.29) is 5.91 Å². The number of aliphatic hydroxyl groups is 1. The van der Waals surface area contributed by atoms with Crippen molar-refractivity contribution >= 4 is 12.0 Å². The second-order valence-corrected chi connectivity index (χ2v) is 5.47. The molecule has 0 spiro atoms. The monoisotopic (exact) mass is 301 g/mol. The first-order chi connectivity index (χ1) is 10.6. The van der Waals surface area contributed by atoms with Gasteiger partial charge in [-0.2, -0.15) is 0 Å². The molecule has 1 N–H and O–H groups in total. The molecule has 1 heterocycles. The molecule has 1 amide bonds. The van der Waals surface area contributed by atoms with Gasteiger partial charge in [0.2, 0.25) is 5.91 Å². The maximum Gasteiger partial charge on any atom is 0.246 e. The van der Waals surface area contributed by atoms with Gasteiger partial charge in [0.25, 0.3) is 0 Å². The highest BCUT2D eigenvalue weighted by molar-refractivity contribution is 5.88. The molecule has 4 heteroatoms. The molecule has 2 rings (SSSR count). The van der Waals surface area contributed by atoms with Crippen molar-refractivity contribution in [2.24, 2.45) is 0 Å². The molecule has 0 aromatic heterocycles. The van der Waals surface area contributed by atoms with Gasteiger partial charge in [0, 0.05) is 19.2 Å². The Hall–Kier alpha value is -1.91. The lowest BCUT2D eigenvalue weighted by molar-refractivity contribution is -0.130. The summed E-state index contributed by atoms with van der Waals surface area (Å²) in [7, 11) is 0. The summed E-state index contributed by atoms with van der Waals surface area (Å²) in [5.74, 6) is 0.0000361. The van der Waals surface area contributed by atoms with Crippen molar-refractivity contribution < 1.29 is 14.6 Å². The number of hydrogen-bond acceptors (Lipinski definition) is 3. The first-order valence-electron chi connectivity index (χ1n) is 7.60. The molecule has 0 unspecified atom stereocenters. The van der Waals surface area contributed by atoms with Crippen LogP contribution in [-0.4, -0.2) is 48.3 Å². The molecule has 4 nitrogen and oxygen atoms in total. The summed E-state index contributed by atoms with van der Waals surface area (Å²) in [4.78, 5) is 13.8. The fourth-order valence-corrected chi connectivity index (χ4v) is 2.33. The largest absolute Gasteiger partial charge is 0.389 e. The van der Waals surface area contributed by atoms with Gasteiger partial charge >= 0.3 is 0 Å². The highest BCUT2D eigenvalue weighted by Gasteiger charge is 2.15. The minimum absolute atomic E-state index is 0.0000361. The van der Waals surface area contributed by atoms with Crippen LogP contribution in [0.3, 0.4) is 0 Å². The molecule has 1 aliphatic rings. The van der Waals surface area contributed by atoms with E-state index >= 15 is 0 Å². The van der Waals surface area contributed by atoms with E-state index in [1.54, 1.807) is 17.1 Å². The second-order valence-electron chi connectivity index (χ2n) is 5.47. The van der Waals surface area contributed by atoms with Gasteiger partial charge in [-0.05, 0) is 18.9 Å². The van der Waals surface area contributed by atoms with E-state index in [1.807, 2.05) is 43.3 Å². The van der Waals surface area contributed by atoms with Gasteiger partial charge in [-0.3, -0.25) is 4.79 Å². The third kappa shape index (κ3) is 5.47. The Labute approximate surface area is 131 Å². The topological polar surface area (TPSA) is 49.8 Å². The normalized spacial score (nSPS) is 17.7. The first kappa shape index (κ1) is 16.5. The molecule has 1 aromatic carbocycles. The van der Waals surface area contributed by atoms with Crippen molar-refractivity contribution in [2.45, 2.75) is 19.4 Å². The van der Waals surface area contributed by atoms with Gasteiger partial charge in [0.05, 0.1) is 19.3 Å². The number of morpholine rings is 1. The zero-order valence-corrected chi connectivity index (χ0v) is 12.9. The third-order valence-electron chi connectivity index (χ3n) is 3.53. The smallest absolute Gasteiger partial charge is 0.246 e. The average molecular weight is 301 g/mol. The number of rotatable bonds is 5. The Bertz CT molecular complexity index is 531. The van der Waals surface area contributed by atoms with E-state index in [0.717, 1.165) is 11.1 Å². The summed E-state index contributed by atoms with van der Waals surface area (Å²) in [5.41, 5.74) is 1.93. The zero-order valence-electron chi connectivity index (χ0n) is 12.9. The number of hydrogen-bond donors (Lipinski definition) is 1. The average Bonchev–Trinajstić information content (AvgIpc) is 2.54. The van der Waals surface area contributed by atoms with Crippen LogP contribution in [0, 0.1) is 0 Å². The Morgan fingerprint density at radius 2 is 2.00 bits per heavy atom. The third-order valence-corrected chi connectivity index (χ3v) is 3.53. The van der Waals surface area contributed by atoms with Crippen molar-refractivity contribution in [3.05, 3.63) is 53.6 Å². The lowest BCUT2D eigenvalue weighted by Crippen LogP contribution is -2.39. The summed E-state index contributed by atoms with van der Waals surface area (Å²) in [5, 5.41) is 10.0. The highest BCUT2D eigenvalue weighted by atomic mass is 16.5. The van der Waals surface area contributed by atoms with E-state index in [0.29, 0.717) is 32.7 Å². The molecule has 0 aliphatic carbocycles. The Balaban J connectivity index is 1.84. The van der Waals surface area contributed by atoms with Gasteiger partial charge in [-0.15, -0.1) is 0 Å². The molecular weight excluding hydrogens is 278 g/mol. The number of aliphatic hydroxyl groups excluding tert-OH is 1. The SMILES string of the molecule is C/C(=C\C(=O)N1CCOCC1)C[C@@H](O)/C=C/c1ccccc1. The van der Waals surface area contributed by atoms with E-state index in [9.17, 15) is 9.90 Å². The van der Waals surface area contributed by atoms with Crippen molar-refractivity contribution in [2.75, 3.05) is 26.3 Å². The van der Waals surface area contributed by atoms with Gasteiger partial charge in [-0.25, -0.2) is 0 Å². The molecule has 1 atom stereocenters. The molecule has 0 bridgehead atoms. The number of carbonyl (C=O) groups excluding carboxylic acids is 1. The minimum Gasteiger partial charge on any atom is -0.389 e. The number of carbonyl (C=O) groups is 1. The fourth-order valence-electron chi connectivity index (χ4n) is 2.33. The van der Waals surface area contributed by atoms with Crippen molar-refractivity contribution in [1.82, 2.24) is 4.90 Å². The van der Waals surface area contributed by atoms with Crippen LogP contribution < -0.4 is 0 Å². The van der Waals surface area contributed by atoms with E-state index < -0.39 is 6.10 Å². The second kappa shape index (κ2) is 8.51. The number of benzene rings is 1. The maximum absolute atomic E-state index is 12.1. The summed E-state index contributed by atoms with van der Waals surface area (Å²) in [6.45, 7) is 4.35. The van der Waals surface area contributed by atoms with Crippen LogP contribution in [0.15, 0.2) is 48.1 Å². The predicted molar refractivity (Wildman–Crippen MR) is 87.3 cm³/mol. The molecule has 0 radical (unpaired) electrons. The van der Waals surface area contributed by atoms with E-state index in [1.165, 1.54) is 0 Å². The molecule has 1 saturated heterocycles. The van der Waals surface area contributed by atoms with Gasteiger partial charge in [-0.1, -0.05) is 48.1 Å². The van der Waals surface area contributed by atoms with Crippen LogP contribution >= 0.6 is 0 Å².